The molecule has 2 nitrogen and oxygen atoms in total. The molecule has 0 saturated carbocycles. The minimum Gasteiger partial charge on any atom is -0.321 e. The van der Waals surface area contributed by atoms with Crippen LogP contribution in [0, 0.1) is 0 Å². The number of hydrogen-bond donors (Lipinski definition) is 1. The molecular weight excluding hydrogens is 544 g/mol. The van der Waals surface area contributed by atoms with Gasteiger partial charge in [0.15, 0.2) is 0 Å². The quantitative estimate of drug-likeness (QED) is 0.195. The molecule has 0 fully saturated rings. The van der Waals surface area contributed by atoms with Crippen LogP contribution in [0.2, 0.25) is 0 Å². The summed E-state index contributed by atoms with van der Waals surface area (Å²) in [6, 6.07) is 44.8. The summed E-state index contributed by atoms with van der Waals surface area (Å²) < 4.78 is 2.47. The highest BCUT2D eigenvalue weighted by atomic mass is 15.0. The van der Waals surface area contributed by atoms with Gasteiger partial charge in [0.25, 0.3) is 0 Å². The van der Waals surface area contributed by atoms with Gasteiger partial charge >= 0.3 is 0 Å². The number of aromatic nitrogens is 1. The molecule has 8 rings (SSSR count). The van der Waals surface area contributed by atoms with E-state index in [2.05, 4.69) is 138 Å². The van der Waals surface area contributed by atoms with Gasteiger partial charge in [0.1, 0.15) is 0 Å². The van der Waals surface area contributed by atoms with Crippen LogP contribution in [0.1, 0.15) is 58.5 Å². The first kappa shape index (κ1) is 27.4. The Hall–Kier alpha value is -5.18. The monoisotopic (exact) mass is 580 g/mol. The van der Waals surface area contributed by atoms with Crippen molar-refractivity contribution in [1.29, 1.82) is 0 Å². The highest BCUT2D eigenvalue weighted by Gasteiger charge is 2.45. The number of nitrogens with two attached hydrogens (primary N) is 1. The SMILES string of the molecule is C/C=C\C=C/C(N)c1ccc(C2(c3ccc(-n4c5c(c6ccccc64)C=CCC5)cc3)c3ccccc3-c3ccccc32)cc1. The number of hydrogen-bond acceptors (Lipinski definition) is 1. The smallest absolute Gasteiger partial charge is 0.0713 e. The van der Waals surface area contributed by atoms with Crippen molar-refractivity contribution >= 4 is 17.0 Å². The zero-order valence-electron chi connectivity index (χ0n) is 25.5. The fourth-order valence-electron chi connectivity index (χ4n) is 7.71. The van der Waals surface area contributed by atoms with E-state index < -0.39 is 5.41 Å². The zero-order valence-corrected chi connectivity index (χ0v) is 25.5. The summed E-state index contributed by atoms with van der Waals surface area (Å²) in [4.78, 5) is 0. The third kappa shape index (κ3) is 4.21. The maximum atomic E-state index is 6.56. The standard InChI is InChI=1S/C43H36N2/c1-2-3-4-19-40(44)30-22-24-31(25-23-30)43(38-17-9-5-13-34(38)35-14-6-10-18-39(35)43)32-26-28-33(29-27-32)45-41-20-11-7-15-36(41)37-16-8-12-21-42(37)45/h2-11,13-20,22-29,40H,12,21,44H2,1H3/b3-2-,19-4-. The molecule has 0 amide bonds. The third-order valence-corrected chi connectivity index (χ3v) is 9.71. The highest BCUT2D eigenvalue weighted by Crippen LogP contribution is 2.56. The van der Waals surface area contributed by atoms with E-state index in [-0.39, 0.29) is 6.04 Å². The highest BCUT2D eigenvalue weighted by molar-refractivity contribution is 5.93. The van der Waals surface area contributed by atoms with E-state index in [1.54, 1.807) is 0 Å². The minimum absolute atomic E-state index is 0.161. The van der Waals surface area contributed by atoms with Gasteiger partial charge in [-0.1, -0.05) is 140 Å². The van der Waals surface area contributed by atoms with E-state index >= 15 is 0 Å². The number of rotatable bonds is 6. The van der Waals surface area contributed by atoms with Gasteiger partial charge in [0, 0.05) is 28.4 Å². The van der Waals surface area contributed by atoms with Crippen molar-refractivity contribution in [3.8, 4) is 16.8 Å². The molecule has 0 spiro atoms. The summed E-state index contributed by atoms with van der Waals surface area (Å²) in [5, 5.41) is 1.32. The number of benzene rings is 5. The van der Waals surface area contributed by atoms with E-state index in [9.17, 15) is 0 Å². The number of allylic oxidation sites excluding steroid dienone is 4. The van der Waals surface area contributed by atoms with Crippen molar-refractivity contribution in [1.82, 2.24) is 4.57 Å². The Morgan fingerprint density at radius 1 is 0.711 bits per heavy atom. The van der Waals surface area contributed by atoms with Crippen molar-refractivity contribution in [2.45, 2.75) is 31.2 Å². The molecule has 1 unspecified atom stereocenters. The average Bonchev–Trinajstić information content (AvgIpc) is 3.60. The lowest BCUT2D eigenvalue weighted by molar-refractivity contribution is 0.765. The molecule has 0 aliphatic heterocycles. The maximum Gasteiger partial charge on any atom is 0.0713 e. The largest absolute Gasteiger partial charge is 0.321 e. The normalized spacial score (nSPS) is 15.4. The van der Waals surface area contributed by atoms with Crippen LogP contribution < -0.4 is 5.73 Å². The first-order valence-corrected chi connectivity index (χ1v) is 16.0. The van der Waals surface area contributed by atoms with Crippen LogP contribution >= 0.6 is 0 Å². The first-order chi connectivity index (χ1) is 22.2. The lowest BCUT2D eigenvalue weighted by atomic mass is 9.67. The fraction of sp³-hybridized carbons (Fsp3) is 0.116. The molecular formula is C43H36N2. The second-order valence-electron chi connectivity index (χ2n) is 12.1. The van der Waals surface area contributed by atoms with Crippen molar-refractivity contribution < 1.29 is 0 Å². The fourth-order valence-corrected chi connectivity index (χ4v) is 7.71. The maximum absolute atomic E-state index is 6.56. The molecule has 2 aliphatic rings. The van der Waals surface area contributed by atoms with E-state index in [4.69, 9.17) is 5.73 Å². The topological polar surface area (TPSA) is 30.9 Å². The lowest BCUT2D eigenvalue weighted by Crippen LogP contribution is -2.28. The molecule has 2 aliphatic carbocycles. The Labute approximate surface area is 265 Å². The Kier molecular flexibility index (Phi) is 6.73. The summed E-state index contributed by atoms with van der Waals surface area (Å²) >= 11 is 0. The minimum atomic E-state index is -0.448. The molecule has 1 atom stereocenters. The second-order valence-corrected chi connectivity index (χ2v) is 12.1. The van der Waals surface area contributed by atoms with Gasteiger partial charge in [-0.3, -0.25) is 0 Å². The van der Waals surface area contributed by atoms with Crippen LogP contribution in [-0.2, 0) is 11.8 Å². The van der Waals surface area contributed by atoms with Crippen molar-refractivity contribution in [3.05, 3.63) is 191 Å². The van der Waals surface area contributed by atoms with Crippen LogP contribution in [0.4, 0.5) is 0 Å². The summed E-state index contributed by atoms with van der Waals surface area (Å²) in [7, 11) is 0. The van der Waals surface area contributed by atoms with Gasteiger partial charge in [-0.25, -0.2) is 0 Å². The van der Waals surface area contributed by atoms with Crippen molar-refractivity contribution in [2.75, 3.05) is 0 Å². The van der Waals surface area contributed by atoms with E-state index in [0.717, 1.165) is 18.4 Å². The first-order valence-electron chi connectivity index (χ1n) is 16.0. The van der Waals surface area contributed by atoms with Crippen molar-refractivity contribution in [2.24, 2.45) is 5.73 Å². The number of para-hydroxylation sites is 1. The second kappa shape index (κ2) is 11.1. The predicted octanol–water partition coefficient (Wildman–Crippen LogP) is 10.1. The summed E-state index contributed by atoms with van der Waals surface area (Å²) in [5.74, 6) is 0. The lowest BCUT2D eigenvalue weighted by Gasteiger charge is -2.34. The molecule has 1 aromatic heterocycles. The van der Waals surface area contributed by atoms with Crippen LogP contribution in [0.5, 0.6) is 0 Å². The molecule has 2 N–H and O–H groups in total. The van der Waals surface area contributed by atoms with Gasteiger partial charge in [-0.15, -0.1) is 0 Å². The average molecular weight is 581 g/mol. The van der Waals surface area contributed by atoms with Crippen LogP contribution in [0.3, 0.4) is 0 Å². The van der Waals surface area contributed by atoms with Crippen LogP contribution in [-0.4, -0.2) is 4.57 Å². The van der Waals surface area contributed by atoms with Crippen LogP contribution in [0.25, 0.3) is 33.8 Å². The predicted molar refractivity (Wildman–Crippen MR) is 189 cm³/mol. The van der Waals surface area contributed by atoms with E-state index in [0.29, 0.717) is 0 Å². The van der Waals surface area contributed by atoms with Gasteiger partial charge < -0.3 is 10.3 Å². The van der Waals surface area contributed by atoms with Gasteiger partial charge in [-0.05, 0) is 76.9 Å². The van der Waals surface area contributed by atoms with E-state index in [1.165, 1.54) is 61.2 Å². The molecule has 0 radical (unpaired) electrons. The zero-order chi connectivity index (χ0) is 30.4. The Balaban J connectivity index is 1.31. The van der Waals surface area contributed by atoms with Crippen molar-refractivity contribution in [3.63, 3.8) is 0 Å². The van der Waals surface area contributed by atoms with Gasteiger partial charge in [-0.2, -0.15) is 0 Å². The van der Waals surface area contributed by atoms with Gasteiger partial charge in [0.2, 0.25) is 0 Å². The Bertz CT molecular complexity index is 2070. The molecule has 1 heterocycles. The molecule has 218 valence electrons. The molecule has 45 heavy (non-hydrogen) atoms. The molecule has 0 saturated heterocycles. The van der Waals surface area contributed by atoms with E-state index in [1.807, 2.05) is 31.2 Å². The summed E-state index contributed by atoms with van der Waals surface area (Å²) in [5.41, 5.74) is 20.2. The van der Waals surface area contributed by atoms with Crippen LogP contribution in [0.15, 0.2) is 152 Å². The van der Waals surface area contributed by atoms with Gasteiger partial charge in [0.05, 0.1) is 10.9 Å². The summed E-state index contributed by atoms with van der Waals surface area (Å²) in [6.45, 7) is 2.01. The Morgan fingerprint density at radius 2 is 1.33 bits per heavy atom. The molecule has 2 heteroatoms. The molecule has 5 aromatic carbocycles. The summed E-state index contributed by atoms with van der Waals surface area (Å²) in [6.07, 6.45) is 14.8. The Morgan fingerprint density at radius 3 is 2.02 bits per heavy atom. The number of fused-ring (bicyclic) bond motifs is 6. The molecule has 0 bridgehead atoms. The third-order valence-electron chi connectivity index (χ3n) is 9.71. The number of nitrogens with zero attached hydrogens (tertiary/aromatic N) is 1. The molecule has 6 aromatic rings.